The first-order chi connectivity index (χ1) is 12.9. The molecule has 1 saturated heterocycles. The van der Waals surface area contributed by atoms with Gasteiger partial charge in [-0.05, 0) is 18.6 Å². The van der Waals surface area contributed by atoms with Crippen LogP contribution in [-0.2, 0) is 14.8 Å². The van der Waals surface area contributed by atoms with Crippen LogP contribution in [-0.4, -0.2) is 61.4 Å². The molecule has 0 bridgehead atoms. The van der Waals surface area contributed by atoms with E-state index in [4.69, 9.17) is 4.52 Å². The maximum absolute atomic E-state index is 12.5. The molecule has 0 radical (unpaired) electrons. The molecular formula is C18H22N4O4S. The monoisotopic (exact) mass is 390 g/mol. The third-order valence-electron chi connectivity index (χ3n) is 4.19. The molecule has 0 unspecified atom stereocenters. The number of anilines is 1. The minimum Gasteiger partial charge on any atom is -0.360 e. The second kappa shape index (κ2) is 8.47. The molecule has 0 aliphatic carbocycles. The highest BCUT2D eigenvalue weighted by molar-refractivity contribution is 7.92. The van der Waals surface area contributed by atoms with Crippen molar-refractivity contribution in [2.24, 2.45) is 0 Å². The first-order valence-corrected chi connectivity index (χ1v) is 10.1. The van der Waals surface area contributed by atoms with Gasteiger partial charge in [-0.2, -0.15) is 4.31 Å². The number of hydrogen-bond acceptors (Lipinski definition) is 6. The lowest BCUT2D eigenvalue weighted by molar-refractivity contribution is -0.117. The van der Waals surface area contributed by atoms with Gasteiger partial charge >= 0.3 is 0 Å². The summed E-state index contributed by atoms with van der Waals surface area (Å²) >= 11 is 0. The lowest BCUT2D eigenvalue weighted by atomic mass is 10.2. The zero-order valence-corrected chi connectivity index (χ0v) is 15.9. The van der Waals surface area contributed by atoms with Gasteiger partial charge in [-0.3, -0.25) is 9.69 Å². The second-order valence-corrected chi connectivity index (χ2v) is 8.12. The molecule has 1 aromatic heterocycles. The van der Waals surface area contributed by atoms with Crippen LogP contribution in [0.4, 0.5) is 5.82 Å². The summed E-state index contributed by atoms with van der Waals surface area (Å²) in [6.45, 7) is 3.59. The summed E-state index contributed by atoms with van der Waals surface area (Å²) in [4.78, 5) is 14.0. The van der Waals surface area contributed by atoms with Crippen LogP contribution in [0.25, 0.3) is 6.08 Å². The van der Waals surface area contributed by atoms with Crippen LogP contribution in [0.5, 0.6) is 0 Å². The van der Waals surface area contributed by atoms with Gasteiger partial charge in [0.2, 0.25) is 15.9 Å². The van der Waals surface area contributed by atoms with Crippen LogP contribution < -0.4 is 5.32 Å². The fourth-order valence-electron chi connectivity index (χ4n) is 2.77. The molecule has 9 heteroatoms. The largest absolute Gasteiger partial charge is 0.360 e. The normalized spacial score (nSPS) is 16.6. The van der Waals surface area contributed by atoms with Crippen molar-refractivity contribution in [3.8, 4) is 0 Å². The molecule has 1 aliphatic heterocycles. The highest BCUT2D eigenvalue weighted by atomic mass is 32.2. The van der Waals surface area contributed by atoms with Crippen molar-refractivity contribution >= 4 is 27.8 Å². The van der Waals surface area contributed by atoms with Crippen molar-refractivity contribution in [1.29, 1.82) is 0 Å². The van der Waals surface area contributed by atoms with E-state index >= 15 is 0 Å². The summed E-state index contributed by atoms with van der Waals surface area (Å²) in [5.74, 6) is 0.793. The van der Waals surface area contributed by atoms with Crippen molar-refractivity contribution in [3.63, 3.8) is 0 Å². The Balaban J connectivity index is 1.49. The van der Waals surface area contributed by atoms with Gasteiger partial charge < -0.3 is 9.84 Å². The van der Waals surface area contributed by atoms with Crippen LogP contribution in [0.15, 0.2) is 46.3 Å². The number of rotatable bonds is 6. The molecular weight excluding hydrogens is 368 g/mol. The average Bonchev–Trinajstić information content (AvgIpc) is 3.06. The Morgan fingerprint density at radius 1 is 1.22 bits per heavy atom. The molecule has 1 N–H and O–H groups in total. The number of aromatic nitrogens is 1. The van der Waals surface area contributed by atoms with E-state index in [1.807, 2.05) is 35.2 Å². The summed E-state index contributed by atoms with van der Waals surface area (Å²) < 4.78 is 31.2. The minimum atomic E-state index is -3.48. The molecule has 0 saturated carbocycles. The van der Waals surface area contributed by atoms with E-state index in [-0.39, 0.29) is 12.5 Å². The lowest BCUT2D eigenvalue weighted by Gasteiger charge is -2.32. The van der Waals surface area contributed by atoms with Crippen LogP contribution in [0, 0.1) is 6.92 Å². The fourth-order valence-corrected chi connectivity index (χ4v) is 3.94. The number of carbonyl (C=O) groups excluding carboxylic acids is 1. The Kier molecular flexibility index (Phi) is 6.04. The molecule has 2 heterocycles. The van der Waals surface area contributed by atoms with Crippen molar-refractivity contribution < 1.29 is 17.7 Å². The third kappa shape index (κ3) is 5.49. The van der Waals surface area contributed by atoms with Gasteiger partial charge in [0.15, 0.2) is 5.82 Å². The molecule has 1 aromatic carbocycles. The van der Waals surface area contributed by atoms with Crippen molar-refractivity contribution in [3.05, 3.63) is 53.1 Å². The molecule has 8 nitrogen and oxygen atoms in total. The zero-order chi connectivity index (χ0) is 19.3. The molecule has 3 rings (SSSR count). The van der Waals surface area contributed by atoms with Crippen molar-refractivity contribution in [2.45, 2.75) is 6.92 Å². The van der Waals surface area contributed by atoms with E-state index in [1.165, 1.54) is 9.71 Å². The Hall–Kier alpha value is -2.49. The van der Waals surface area contributed by atoms with Crippen molar-refractivity contribution in [2.75, 3.05) is 38.0 Å². The Morgan fingerprint density at radius 3 is 2.56 bits per heavy atom. The molecule has 1 aliphatic rings. The first kappa shape index (κ1) is 19.3. The van der Waals surface area contributed by atoms with Gasteiger partial charge in [-0.15, -0.1) is 0 Å². The van der Waals surface area contributed by atoms with E-state index in [0.29, 0.717) is 37.8 Å². The zero-order valence-electron chi connectivity index (χ0n) is 15.0. The third-order valence-corrected chi connectivity index (χ3v) is 5.75. The number of nitrogens with zero attached hydrogens (tertiary/aromatic N) is 3. The highest BCUT2D eigenvalue weighted by Gasteiger charge is 2.26. The Morgan fingerprint density at radius 2 is 1.93 bits per heavy atom. The van der Waals surface area contributed by atoms with Gasteiger partial charge in [0.25, 0.3) is 0 Å². The summed E-state index contributed by atoms with van der Waals surface area (Å²) in [6.07, 6.45) is 1.59. The molecule has 0 atom stereocenters. The minimum absolute atomic E-state index is 0.180. The summed E-state index contributed by atoms with van der Waals surface area (Å²) in [6, 6.07) is 10.9. The van der Waals surface area contributed by atoms with E-state index in [9.17, 15) is 13.2 Å². The maximum atomic E-state index is 12.5. The van der Waals surface area contributed by atoms with E-state index in [1.54, 1.807) is 19.1 Å². The van der Waals surface area contributed by atoms with Crippen LogP contribution >= 0.6 is 0 Å². The van der Waals surface area contributed by atoms with E-state index < -0.39 is 10.0 Å². The van der Waals surface area contributed by atoms with Crippen LogP contribution in [0.3, 0.4) is 0 Å². The molecule has 1 fully saturated rings. The van der Waals surface area contributed by atoms with Gasteiger partial charge in [0.1, 0.15) is 5.76 Å². The number of benzene rings is 1. The number of nitrogens with one attached hydrogen (secondary N) is 1. The predicted octanol–water partition coefficient (Wildman–Crippen LogP) is 1.54. The van der Waals surface area contributed by atoms with Gasteiger partial charge in [0, 0.05) is 37.7 Å². The number of piperazine rings is 1. The quantitative estimate of drug-likeness (QED) is 0.804. The standard InChI is InChI=1S/C18H22N4O4S/c1-15-13-17(20-26-15)19-18(23)14-21-8-10-22(11-9-21)27(24,25)12-7-16-5-3-2-4-6-16/h2-7,12-13H,8-11,14H2,1H3,(H,19,20,23)/b12-7+. The Bertz CT molecular complexity index is 900. The molecule has 27 heavy (non-hydrogen) atoms. The lowest BCUT2D eigenvalue weighted by Crippen LogP contribution is -2.49. The van der Waals surface area contributed by atoms with Crippen molar-refractivity contribution in [1.82, 2.24) is 14.4 Å². The Labute approximate surface area is 158 Å². The molecule has 2 aromatic rings. The van der Waals surface area contributed by atoms with Crippen LogP contribution in [0.1, 0.15) is 11.3 Å². The van der Waals surface area contributed by atoms with E-state index in [0.717, 1.165) is 5.56 Å². The topological polar surface area (TPSA) is 95.8 Å². The van der Waals surface area contributed by atoms with Gasteiger partial charge in [-0.1, -0.05) is 35.5 Å². The predicted molar refractivity (Wildman–Crippen MR) is 102 cm³/mol. The molecule has 144 valence electrons. The average molecular weight is 390 g/mol. The molecule has 0 spiro atoms. The maximum Gasteiger partial charge on any atom is 0.239 e. The fraction of sp³-hybridized carbons (Fsp3) is 0.333. The number of hydrogen-bond donors (Lipinski definition) is 1. The second-order valence-electron chi connectivity index (χ2n) is 6.30. The summed E-state index contributed by atoms with van der Waals surface area (Å²) in [5, 5.41) is 7.61. The van der Waals surface area contributed by atoms with E-state index in [2.05, 4.69) is 10.5 Å². The number of aryl methyl sites for hydroxylation is 1. The first-order valence-electron chi connectivity index (χ1n) is 8.61. The smallest absolute Gasteiger partial charge is 0.239 e. The molecule has 1 amide bonds. The summed E-state index contributed by atoms with van der Waals surface area (Å²) in [5.41, 5.74) is 0.833. The van der Waals surface area contributed by atoms with Gasteiger partial charge in [0.05, 0.1) is 6.54 Å². The van der Waals surface area contributed by atoms with Gasteiger partial charge in [-0.25, -0.2) is 8.42 Å². The number of amides is 1. The highest BCUT2D eigenvalue weighted by Crippen LogP contribution is 2.12. The van der Waals surface area contributed by atoms with Crippen LogP contribution in [0.2, 0.25) is 0 Å². The SMILES string of the molecule is Cc1cc(NC(=O)CN2CCN(S(=O)(=O)/C=C/c3ccccc3)CC2)no1. The summed E-state index contributed by atoms with van der Waals surface area (Å²) in [7, 11) is -3.48. The number of sulfonamides is 1. The number of carbonyl (C=O) groups is 1.